The van der Waals surface area contributed by atoms with E-state index < -0.39 is 11.5 Å². The third kappa shape index (κ3) is 4.13. The molecule has 0 spiro atoms. The molecular formula is C22H26N2O3. The average Bonchev–Trinajstić information content (AvgIpc) is 2.67. The van der Waals surface area contributed by atoms with Crippen molar-refractivity contribution in [1.82, 2.24) is 10.6 Å². The maximum absolute atomic E-state index is 13.0. The SMILES string of the molecule is CCCOc1ccc(C(C)(C)NC(=O)C2CNC(=O)c3ccccc32)cc1. The topological polar surface area (TPSA) is 67.4 Å². The van der Waals surface area contributed by atoms with E-state index in [1.807, 2.05) is 56.3 Å². The third-order valence-electron chi connectivity index (χ3n) is 4.85. The van der Waals surface area contributed by atoms with Gasteiger partial charge in [-0.25, -0.2) is 0 Å². The number of carbonyl (C=O) groups is 2. The van der Waals surface area contributed by atoms with Crippen molar-refractivity contribution in [2.75, 3.05) is 13.2 Å². The van der Waals surface area contributed by atoms with E-state index in [9.17, 15) is 9.59 Å². The molecule has 2 aromatic carbocycles. The molecule has 2 amide bonds. The Hall–Kier alpha value is -2.82. The van der Waals surface area contributed by atoms with Gasteiger partial charge in [-0.15, -0.1) is 0 Å². The number of hydrogen-bond acceptors (Lipinski definition) is 3. The molecule has 142 valence electrons. The minimum atomic E-state index is -0.545. The quantitative estimate of drug-likeness (QED) is 0.824. The molecule has 0 aromatic heterocycles. The van der Waals surface area contributed by atoms with Gasteiger partial charge in [0.25, 0.3) is 5.91 Å². The fourth-order valence-electron chi connectivity index (χ4n) is 3.30. The van der Waals surface area contributed by atoms with Crippen LogP contribution in [0.2, 0.25) is 0 Å². The Morgan fingerprint density at radius 1 is 1.19 bits per heavy atom. The normalized spacial score (nSPS) is 16.3. The van der Waals surface area contributed by atoms with Gasteiger partial charge in [-0.2, -0.15) is 0 Å². The third-order valence-corrected chi connectivity index (χ3v) is 4.85. The number of carbonyl (C=O) groups excluding carboxylic acids is 2. The van der Waals surface area contributed by atoms with Gasteiger partial charge >= 0.3 is 0 Å². The number of ether oxygens (including phenoxy) is 1. The molecular weight excluding hydrogens is 340 g/mol. The summed E-state index contributed by atoms with van der Waals surface area (Å²) in [5.41, 5.74) is 1.79. The zero-order valence-corrected chi connectivity index (χ0v) is 16.0. The van der Waals surface area contributed by atoms with Crippen molar-refractivity contribution in [3.8, 4) is 5.75 Å². The van der Waals surface area contributed by atoms with Gasteiger partial charge in [-0.3, -0.25) is 9.59 Å². The number of fused-ring (bicyclic) bond motifs is 1. The van der Waals surface area contributed by atoms with Crippen LogP contribution in [0, 0.1) is 0 Å². The maximum Gasteiger partial charge on any atom is 0.251 e. The Labute approximate surface area is 160 Å². The molecule has 0 radical (unpaired) electrons. The van der Waals surface area contributed by atoms with Gasteiger partial charge in [0.05, 0.1) is 18.1 Å². The second-order valence-corrected chi connectivity index (χ2v) is 7.34. The molecule has 27 heavy (non-hydrogen) atoms. The molecule has 3 rings (SSSR count). The van der Waals surface area contributed by atoms with E-state index in [4.69, 9.17) is 4.74 Å². The van der Waals surface area contributed by atoms with Crippen LogP contribution in [0.25, 0.3) is 0 Å². The first-order valence-electron chi connectivity index (χ1n) is 9.35. The first kappa shape index (κ1) is 19.0. The Morgan fingerprint density at radius 3 is 2.59 bits per heavy atom. The van der Waals surface area contributed by atoms with Gasteiger partial charge in [0, 0.05) is 12.1 Å². The van der Waals surface area contributed by atoms with Crippen molar-refractivity contribution < 1.29 is 14.3 Å². The summed E-state index contributed by atoms with van der Waals surface area (Å²) in [5.74, 6) is 0.201. The smallest absolute Gasteiger partial charge is 0.251 e. The number of hydrogen-bond donors (Lipinski definition) is 2. The average molecular weight is 366 g/mol. The van der Waals surface area contributed by atoms with Gasteiger partial charge in [0.15, 0.2) is 0 Å². The first-order chi connectivity index (χ1) is 12.9. The number of rotatable bonds is 6. The highest BCUT2D eigenvalue weighted by atomic mass is 16.5. The van der Waals surface area contributed by atoms with E-state index in [-0.39, 0.29) is 11.8 Å². The van der Waals surface area contributed by atoms with Crippen LogP contribution in [0.4, 0.5) is 0 Å². The molecule has 1 atom stereocenters. The summed E-state index contributed by atoms with van der Waals surface area (Å²) >= 11 is 0. The van der Waals surface area contributed by atoms with Crippen molar-refractivity contribution in [1.29, 1.82) is 0 Å². The fourth-order valence-corrected chi connectivity index (χ4v) is 3.30. The van der Waals surface area contributed by atoms with Gasteiger partial charge < -0.3 is 15.4 Å². The van der Waals surface area contributed by atoms with Crippen LogP contribution in [0.3, 0.4) is 0 Å². The molecule has 0 saturated carbocycles. The predicted octanol–water partition coefficient (Wildman–Crippen LogP) is 3.35. The van der Waals surface area contributed by atoms with Gasteiger partial charge in [-0.1, -0.05) is 37.3 Å². The summed E-state index contributed by atoms with van der Waals surface area (Å²) in [5, 5.41) is 5.94. The van der Waals surface area contributed by atoms with Crippen LogP contribution >= 0.6 is 0 Å². The molecule has 1 aliphatic rings. The Balaban J connectivity index is 1.75. The Morgan fingerprint density at radius 2 is 1.89 bits per heavy atom. The van der Waals surface area contributed by atoms with Gasteiger partial charge in [-0.05, 0) is 49.6 Å². The lowest BCUT2D eigenvalue weighted by Gasteiger charge is -2.31. The minimum Gasteiger partial charge on any atom is -0.494 e. The summed E-state index contributed by atoms with van der Waals surface area (Å²) in [6, 6.07) is 15.1. The van der Waals surface area contributed by atoms with E-state index >= 15 is 0 Å². The molecule has 0 aliphatic carbocycles. The predicted molar refractivity (Wildman–Crippen MR) is 105 cm³/mol. The monoisotopic (exact) mass is 366 g/mol. The lowest BCUT2D eigenvalue weighted by atomic mass is 9.87. The first-order valence-corrected chi connectivity index (χ1v) is 9.35. The highest BCUT2D eigenvalue weighted by Crippen LogP contribution is 2.27. The zero-order chi connectivity index (χ0) is 19.4. The van der Waals surface area contributed by atoms with E-state index in [0.29, 0.717) is 18.7 Å². The molecule has 1 unspecified atom stereocenters. The summed E-state index contributed by atoms with van der Waals surface area (Å²) < 4.78 is 5.62. The summed E-state index contributed by atoms with van der Waals surface area (Å²) in [6.45, 7) is 7.01. The molecule has 0 fully saturated rings. The number of benzene rings is 2. The van der Waals surface area contributed by atoms with E-state index in [1.54, 1.807) is 6.07 Å². The van der Waals surface area contributed by atoms with Crippen molar-refractivity contribution in [2.24, 2.45) is 0 Å². The second kappa shape index (κ2) is 7.82. The van der Waals surface area contributed by atoms with Crippen molar-refractivity contribution in [3.05, 3.63) is 65.2 Å². The molecule has 0 bridgehead atoms. The number of nitrogens with one attached hydrogen (secondary N) is 2. The Bertz CT molecular complexity index is 828. The lowest BCUT2D eigenvalue weighted by molar-refractivity contribution is -0.124. The van der Waals surface area contributed by atoms with Crippen LogP contribution in [-0.4, -0.2) is 25.0 Å². The summed E-state index contributed by atoms with van der Waals surface area (Å²) in [7, 11) is 0. The van der Waals surface area contributed by atoms with Crippen molar-refractivity contribution >= 4 is 11.8 Å². The second-order valence-electron chi connectivity index (χ2n) is 7.34. The van der Waals surface area contributed by atoms with Crippen LogP contribution in [0.1, 0.15) is 54.6 Å². The highest BCUT2D eigenvalue weighted by Gasteiger charge is 2.33. The van der Waals surface area contributed by atoms with Gasteiger partial charge in [0.2, 0.25) is 5.91 Å². The van der Waals surface area contributed by atoms with E-state index in [1.165, 1.54) is 0 Å². The standard InChI is InChI=1S/C22H26N2O3/c1-4-13-27-16-11-9-15(10-12-16)22(2,3)24-21(26)19-14-23-20(25)18-8-6-5-7-17(18)19/h5-12,19H,4,13-14H2,1-3H3,(H,23,25)(H,24,26). The lowest BCUT2D eigenvalue weighted by Crippen LogP contribution is -2.48. The zero-order valence-electron chi connectivity index (χ0n) is 16.0. The molecule has 2 N–H and O–H groups in total. The minimum absolute atomic E-state index is 0.0984. The Kier molecular flexibility index (Phi) is 5.49. The molecule has 1 heterocycles. The van der Waals surface area contributed by atoms with Crippen molar-refractivity contribution in [3.63, 3.8) is 0 Å². The van der Waals surface area contributed by atoms with E-state index in [0.717, 1.165) is 23.3 Å². The van der Waals surface area contributed by atoms with Crippen molar-refractivity contribution in [2.45, 2.75) is 38.6 Å². The largest absolute Gasteiger partial charge is 0.494 e. The van der Waals surface area contributed by atoms with E-state index in [2.05, 4.69) is 17.6 Å². The van der Waals surface area contributed by atoms with Gasteiger partial charge in [0.1, 0.15) is 5.75 Å². The maximum atomic E-state index is 13.0. The fraction of sp³-hybridized carbons (Fsp3) is 0.364. The molecule has 2 aromatic rings. The van der Waals surface area contributed by atoms with Crippen LogP contribution in [-0.2, 0) is 10.3 Å². The molecule has 5 heteroatoms. The molecule has 1 aliphatic heterocycles. The van der Waals surface area contributed by atoms with Crippen LogP contribution in [0.15, 0.2) is 48.5 Å². The molecule has 0 saturated heterocycles. The van der Waals surface area contributed by atoms with Crippen LogP contribution < -0.4 is 15.4 Å². The van der Waals surface area contributed by atoms with Crippen LogP contribution in [0.5, 0.6) is 5.75 Å². The highest BCUT2D eigenvalue weighted by molar-refractivity contribution is 6.00. The summed E-state index contributed by atoms with van der Waals surface area (Å²) in [4.78, 5) is 25.0. The molecule has 5 nitrogen and oxygen atoms in total. The summed E-state index contributed by atoms with van der Waals surface area (Å²) in [6.07, 6.45) is 0.961. The number of amides is 2.